The first-order chi connectivity index (χ1) is 10.8. The van der Waals surface area contributed by atoms with E-state index in [2.05, 4.69) is 20.6 Å². The van der Waals surface area contributed by atoms with Gasteiger partial charge in [0.25, 0.3) is 11.8 Å². The molecule has 2 aromatic heterocycles. The van der Waals surface area contributed by atoms with Gasteiger partial charge in [0, 0.05) is 36.9 Å². The molecule has 0 aromatic carbocycles. The molecule has 0 saturated heterocycles. The zero-order valence-corrected chi connectivity index (χ0v) is 13.5. The molecule has 23 heavy (non-hydrogen) atoms. The number of amides is 2. The third-order valence-corrected chi connectivity index (χ3v) is 2.95. The van der Waals surface area contributed by atoms with Crippen molar-refractivity contribution < 1.29 is 9.59 Å². The largest absolute Gasteiger partial charge is 0.348 e. The fourth-order valence-corrected chi connectivity index (χ4v) is 1.89. The molecule has 6 heteroatoms. The fraction of sp³-hybridized carbons (Fsp3) is 0.294. The summed E-state index contributed by atoms with van der Waals surface area (Å²) in [4.78, 5) is 32.2. The molecule has 2 N–H and O–H groups in total. The first-order valence-electron chi connectivity index (χ1n) is 7.30. The Hall–Kier alpha value is -2.76. The van der Waals surface area contributed by atoms with Gasteiger partial charge in [-0.25, -0.2) is 0 Å². The average Bonchev–Trinajstić information content (AvgIpc) is 2.52. The number of nitrogens with zero attached hydrogens (tertiary/aromatic N) is 2. The number of carbonyl (C=O) groups excluding carboxylic acids is 2. The summed E-state index contributed by atoms with van der Waals surface area (Å²) in [5.74, 6) is -0.534. The predicted octanol–water partition coefficient (Wildman–Crippen LogP) is 1.93. The van der Waals surface area contributed by atoms with Crippen LogP contribution < -0.4 is 10.6 Å². The third-order valence-electron chi connectivity index (χ3n) is 2.95. The Bertz CT molecular complexity index is 693. The van der Waals surface area contributed by atoms with Crippen LogP contribution >= 0.6 is 0 Å². The quantitative estimate of drug-likeness (QED) is 0.903. The molecule has 0 aliphatic rings. The number of pyridine rings is 2. The minimum atomic E-state index is -0.351. The van der Waals surface area contributed by atoms with Crippen molar-refractivity contribution in [3.63, 3.8) is 0 Å². The number of hydrogen-bond acceptors (Lipinski definition) is 4. The van der Waals surface area contributed by atoms with Crippen molar-refractivity contribution in [2.75, 3.05) is 0 Å². The van der Waals surface area contributed by atoms with Gasteiger partial charge in [-0.15, -0.1) is 0 Å². The molecule has 2 rings (SSSR count). The Morgan fingerprint density at radius 3 is 2.22 bits per heavy atom. The van der Waals surface area contributed by atoms with Crippen LogP contribution in [-0.4, -0.2) is 27.3 Å². The summed E-state index contributed by atoms with van der Waals surface area (Å²) in [6.45, 7) is 6.07. The second kappa shape index (κ2) is 7.00. The van der Waals surface area contributed by atoms with Crippen molar-refractivity contribution in [1.29, 1.82) is 0 Å². The van der Waals surface area contributed by atoms with E-state index in [-0.39, 0.29) is 17.4 Å². The number of nitrogens with one attached hydrogen (secondary N) is 2. The van der Waals surface area contributed by atoms with Crippen molar-refractivity contribution in [1.82, 2.24) is 20.6 Å². The van der Waals surface area contributed by atoms with Gasteiger partial charge in [0.15, 0.2) is 0 Å². The van der Waals surface area contributed by atoms with E-state index in [0.29, 0.717) is 17.7 Å². The molecule has 0 unspecified atom stereocenters. The van der Waals surface area contributed by atoms with Crippen molar-refractivity contribution in [2.24, 2.45) is 0 Å². The molecule has 0 spiro atoms. The molecular formula is C17H20N4O2. The Kier molecular flexibility index (Phi) is 5.05. The zero-order chi connectivity index (χ0) is 16.9. The smallest absolute Gasteiger partial charge is 0.253 e. The van der Waals surface area contributed by atoms with E-state index in [9.17, 15) is 9.59 Å². The third kappa shape index (κ3) is 5.18. The van der Waals surface area contributed by atoms with Gasteiger partial charge in [-0.2, -0.15) is 0 Å². The second-order valence-electron chi connectivity index (χ2n) is 6.20. The van der Waals surface area contributed by atoms with Crippen LogP contribution in [0.2, 0.25) is 0 Å². The highest BCUT2D eigenvalue weighted by atomic mass is 16.2. The Labute approximate surface area is 135 Å². The van der Waals surface area contributed by atoms with Crippen LogP contribution in [0.4, 0.5) is 0 Å². The predicted molar refractivity (Wildman–Crippen MR) is 86.9 cm³/mol. The van der Waals surface area contributed by atoms with Crippen LogP contribution in [0.5, 0.6) is 0 Å². The molecule has 0 fully saturated rings. The van der Waals surface area contributed by atoms with Gasteiger partial charge in [-0.1, -0.05) is 0 Å². The summed E-state index contributed by atoms with van der Waals surface area (Å²) in [6.07, 6.45) is 6.22. The SMILES string of the molecule is CC(C)(C)NC(=O)c1cncc(C(=O)NCc2ccncc2)c1. The summed E-state index contributed by atoms with van der Waals surface area (Å²) in [7, 11) is 0. The number of aromatic nitrogens is 2. The lowest BCUT2D eigenvalue weighted by molar-refractivity contribution is 0.0919. The van der Waals surface area contributed by atoms with Gasteiger partial charge in [0.05, 0.1) is 11.1 Å². The van der Waals surface area contributed by atoms with Crippen LogP contribution in [0.3, 0.4) is 0 Å². The molecule has 120 valence electrons. The molecule has 0 radical (unpaired) electrons. The standard InChI is InChI=1S/C17H20N4O2/c1-17(2,3)21-16(23)14-8-13(10-19-11-14)15(22)20-9-12-4-6-18-7-5-12/h4-8,10-11H,9H2,1-3H3,(H,20,22)(H,21,23). The second-order valence-corrected chi connectivity index (χ2v) is 6.20. The van der Waals surface area contributed by atoms with Crippen molar-refractivity contribution >= 4 is 11.8 Å². The highest BCUT2D eigenvalue weighted by molar-refractivity contribution is 5.99. The van der Waals surface area contributed by atoms with Crippen LogP contribution in [-0.2, 0) is 6.54 Å². The number of rotatable bonds is 4. The van der Waals surface area contributed by atoms with Crippen LogP contribution in [0.25, 0.3) is 0 Å². The van der Waals surface area contributed by atoms with E-state index < -0.39 is 0 Å². The summed E-state index contributed by atoms with van der Waals surface area (Å²) in [5.41, 5.74) is 1.30. The van der Waals surface area contributed by atoms with Gasteiger partial charge < -0.3 is 10.6 Å². The average molecular weight is 312 g/mol. The molecular weight excluding hydrogens is 292 g/mol. The maximum absolute atomic E-state index is 12.2. The zero-order valence-electron chi connectivity index (χ0n) is 13.5. The summed E-state index contributed by atoms with van der Waals surface area (Å²) in [5, 5.41) is 5.63. The molecule has 2 heterocycles. The Morgan fingerprint density at radius 1 is 1.00 bits per heavy atom. The van der Waals surface area contributed by atoms with E-state index in [1.54, 1.807) is 12.4 Å². The van der Waals surface area contributed by atoms with Gasteiger partial charge in [-0.3, -0.25) is 19.6 Å². The summed E-state index contributed by atoms with van der Waals surface area (Å²) >= 11 is 0. The molecule has 0 aliphatic carbocycles. The van der Waals surface area contributed by atoms with Crippen molar-refractivity contribution in [3.05, 3.63) is 59.7 Å². The van der Waals surface area contributed by atoms with Crippen molar-refractivity contribution in [3.8, 4) is 0 Å². The highest BCUT2D eigenvalue weighted by Gasteiger charge is 2.17. The van der Waals surface area contributed by atoms with Gasteiger partial charge in [0.2, 0.25) is 0 Å². The van der Waals surface area contributed by atoms with Crippen LogP contribution in [0.1, 0.15) is 47.1 Å². The Morgan fingerprint density at radius 2 is 1.61 bits per heavy atom. The van der Waals surface area contributed by atoms with Crippen molar-refractivity contribution in [2.45, 2.75) is 32.9 Å². The lowest BCUT2D eigenvalue weighted by Gasteiger charge is -2.20. The lowest BCUT2D eigenvalue weighted by atomic mass is 10.1. The molecule has 2 aromatic rings. The summed E-state index contributed by atoms with van der Waals surface area (Å²) in [6, 6.07) is 5.19. The number of carbonyl (C=O) groups is 2. The summed E-state index contributed by atoms with van der Waals surface area (Å²) < 4.78 is 0. The van der Waals surface area contributed by atoms with E-state index in [0.717, 1.165) is 5.56 Å². The molecule has 0 saturated carbocycles. The fourth-order valence-electron chi connectivity index (χ4n) is 1.89. The highest BCUT2D eigenvalue weighted by Crippen LogP contribution is 2.07. The first kappa shape index (κ1) is 16.6. The van der Waals surface area contributed by atoms with Gasteiger partial charge >= 0.3 is 0 Å². The molecule has 0 bridgehead atoms. The Balaban J connectivity index is 2.04. The van der Waals surface area contributed by atoms with Gasteiger partial charge in [-0.05, 0) is 44.5 Å². The van der Waals surface area contributed by atoms with E-state index in [1.165, 1.54) is 18.5 Å². The van der Waals surface area contributed by atoms with E-state index in [1.807, 2.05) is 32.9 Å². The topological polar surface area (TPSA) is 84.0 Å². The van der Waals surface area contributed by atoms with E-state index >= 15 is 0 Å². The maximum atomic E-state index is 12.2. The minimum Gasteiger partial charge on any atom is -0.348 e. The molecule has 0 aliphatic heterocycles. The van der Waals surface area contributed by atoms with Crippen LogP contribution in [0.15, 0.2) is 43.0 Å². The maximum Gasteiger partial charge on any atom is 0.253 e. The molecule has 2 amide bonds. The van der Waals surface area contributed by atoms with Crippen LogP contribution in [0, 0.1) is 0 Å². The molecule has 0 atom stereocenters. The van der Waals surface area contributed by atoms with E-state index in [4.69, 9.17) is 0 Å². The molecule has 6 nitrogen and oxygen atoms in total. The number of hydrogen-bond donors (Lipinski definition) is 2. The normalized spacial score (nSPS) is 10.9. The minimum absolute atomic E-state index is 0.256. The monoisotopic (exact) mass is 312 g/mol. The first-order valence-corrected chi connectivity index (χ1v) is 7.30. The lowest BCUT2D eigenvalue weighted by Crippen LogP contribution is -2.40. The van der Waals surface area contributed by atoms with Gasteiger partial charge in [0.1, 0.15) is 0 Å².